The van der Waals surface area contributed by atoms with Crippen molar-refractivity contribution < 1.29 is 80.5 Å². The number of nitrogens with one attached hydrogen (secondary N) is 6. The predicted molar refractivity (Wildman–Crippen MR) is 264 cm³/mol. The summed E-state index contributed by atoms with van der Waals surface area (Å²) < 4.78 is 57.1. The van der Waals surface area contributed by atoms with Crippen LogP contribution in [0, 0.1) is 0 Å². The van der Waals surface area contributed by atoms with Crippen LogP contribution in [0.5, 0.6) is 0 Å². The number of imide groups is 2. The number of nitrogens with zero attached hydrogens (tertiary/aromatic N) is 2. The smallest absolute Gasteiger partial charge is 0.384 e. The standard InChI is InChI=1S/C49H62F2N9O15P/c50-49(51,76(70,71)72)29-10-12-32-28(26-29)27-36(55-32)43(64)57-35-8-2-1-6-30-11-14-37(59(30)47(35)68)44(65)56-34(13-16-39(52)61)42(63)54-19-5-21-74-23-25-75-24-22-73-20-4-18-53-33-9-3-7-31-41(33)48(69)60(46(31)67)38-15-17-40(62)58-45(38)66/h3,7,9-10,12,26-27,30,34-35,37-38,53,55H,1-2,4-6,8,11,13-25H2,(H2,52,61)(H,54,63)(H,56,65)(H,57,64)(H,58,62,66)(H2,70,71,72)/t30-,34-,35-,37-,38?/m0/s1. The van der Waals surface area contributed by atoms with Gasteiger partial charge in [0.1, 0.15) is 29.9 Å². The number of alkyl halides is 2. The lowest BCUT2D eigenvalue weighted by Crippen LogP contribution is -2.58. The van der Waals surface area contributed by atoms with E-state index in [9.17, 15) is 56.5 Å². The summed E-state index contributed by atoms with van der Waals surface area (Å²) in [5.41, 5.74) is 0.912. The van der Waals surface area contributed by atoms with Crippen molar-refractivity contribution >= 4 is 77.4 Å². The Morgan fingerprint density at radius 3 is 2.25 bits per heavy atom. The largest absolute Gasteiger partial charge is 0.399 e. The van der Waals surface area contributed by atoms with E-state index in [4.69, 9.17) is 29.7 Å². The van der Waals surface area contributed by atoms with Gasteiger partial charge in [-0.25, -0.2) is 0 Å². The molecule has 0 radical (unpaired) electrons. The third-order valence-corrected chi connectivity index (χ3v) is 14.6. The summed E-state index contributed by atoms with van der Waals surface area (Å²) in [4.78, 5) is 140. The number of anilines is 1. The molecular formula is C49H62F2N9O15P. The molecule has 3 fully saturated rings. The van der Waals surface area contributed by atoms with Crippen molar-refractivity contribution in [2.24, 2.45) is 5.73 Å². The number of halogens is 2. The lowest BCUT2D eigenvalue weighted by Gasteiger charge is -2.35. The third kappa shape index (κ3) is 13.6. The molecule has 7 rings (SSSR count). The second kappa shape index (κ2) is 25.4. The summed E-state index contributed by atoms with van der Waals surface area (Å²) in [5, 5.41) is 13.6. The van der Waals surface area contributed by atoms with E-state index in [0.29, 0.717) is 70.6 Å². The number of carbonyl (C=O) groups is 9. The fraction of sp³-hybridized carbons (Fsp3) is 0.531. The Balaban J connectivity index is 0.785. The van der Waals surface area contributed by atoms with Crippen LogP contribution < -0.4 is 32.3 Å². The van der Waals surface area contributed by atoms with Gasteiger partial charge in [-0.2, -0.15) is 8.78 Å². The molecule has 1 unspecified atom stereocenters. The summed E-state index contributed by atoms with van der Waals surface area (Å²) >= 11 is 0. The van der Waals surface area contributed by atoms with Crippen LogP contribution in [-0.2, 0) is 53.2 Å². The van der Waals surface area contributed by atoms with Crippen molar-refractivity contribution in [1.29, 1.82) is 0 Å². The Bertz CT molecular complexity index is 2750. The molecule has 3 saturated heterocycles. The minimum Gasteiger partial charge on any atom is -0.384 e. The number of aromatic nitrogens is 1. The van der Waals surface area contributed by atoms with E-state index in [0.717, 1.165) is 23.1 Å². The molecular weight excluding hydrogens is 1020 g/mol. The van der Waals surface area contributed by atoms with Gasteiger partial charge in [0.2, 0.25) is 35.4 Å². The Hall–Kier alpha value is -6.70. The van der Waals surface area contributed by atoms with Crippen LogP contribution in [0.2, 0.25) is 0 Å². The number of amides is 9. The van der Waals surface area contributed by atoms with Crippen molar-refractivity contribution in [2.75, 3.05) is 58.0 Å². The zero-order valence-corrected chi connectivity index (χ0v) is 42.3. The molecule has 0 aliphatic carbocycles. The zero-order valence-electron chi connectivity index (χ0n) is 41.4. The molecule has 9 amide bonds. The number of fused-ring (bicyclic) bond motifs is 3. The molecule has 5 atom stereocenters. The van der Waals surface area contributed by atoms with E-state index in [2.05, 4.69) is 31.6 Å². The van der Waals surface area contributed by atoms with Gasteiger partial charge in [-0.05, 0) is 81.7 Å². The van der Waals surface area contributed by atoms with Gasteiger partial charge in [-0.15, -0.1) is 0 Å². The van der Waals surface area contributed by atoms with Crippen LogP contribution in [-0.4, -0.2) is 161 Å². The minimum atomic E-state index is -5.85. The summed E-state index contributed by atoms with van der Waals surface area (Å²) in [6.45, 7) is 2.38. The van der Waals surface area contributed by atoms with Gasteiger partial charge in [-0.1, -0.05) is 25.0 Å². The summed E-state index contributed by atoms with van der Waals surface area (Å²) in [6, 6.07) is 4.27. The molecule has 0 spiro atoms. The first-order chi connectivity index (χ1) is 36.3. The number of hydrogen-bond acceptors (Lipinski definition) is 14. The molecule has 4 aliphatic heterocycles. The number of H-pyrrole nitrogens is 1. The highest BCUT2D eigenvalue weighted by atomic mass is 31.2. The Kier molecular flexibility index (Phi) is 19.1. The number of primary amides is 1. The van der Waals surface area contributed by atoms with Gasteiger partial charge in [-0.3, -0.25) is 57.9 Å². The van der Waals surface area contributed by atoms with Crippen molar-refractivity contribution in [3.05, 3.63) is 64.8 Å². The highest BCUT2D eigenvalue weighted by Crippen LogP contribution is 2.59. The van der Waals surface area contributed by atoms with E-state index in [1.54, 1.807) is 12.1 Å². The van der Waals surface area contributed by atoms with Gasteiger partial charge in [0, 0.05) is 67.3 Å². The fourth-order valence-electron chi connectivity index (χ4n) is 9.70. The monoisotopic (exact) mass is 1090 g/mol. The van der Waals surface area contributed by atoms with Crippen molar-refractivity contribution in [2.45, 2.75) is 113 Å². The maximum absolute atomic E-state index is 14.4. The SMILES string of the molecule is NC(=O)CC[C@H](NC(=O)[C@@H]1CC[C@@H]2CCCC[C@H](NC(=O)c3cc4cc(C(F)(F)P(=O)(O)O)ccc4[nH]3)C(=O)N21)C(=O)NCCCOCCOCCOCCCNc1cccc2c1C(=O)N(C1CCC(=O)NC1=O)C2=O. The molecule has 10 N–H and O–H groups in total. The van der Waals surface area contributed by atoms with Crippen LogP contribution in [0.25, 0.3) is 10.9 Å². The van der Waals surface area contributed by atoms with Gasteiger partial charge in [0.25, 0.3) is 17.7 Å². The number of carbonyl (C=O) groups excluding carboxylic acids is 9. The van der Waals surface area contributed by atoms with Gasteiger partial charge < -0.3 is 60.9 Å². The highest BCUT2D eigenvalue weighted by molar-refractivity contribution is 7.52. The van der Waals surface area contributed by atoms with Crippen LogP contribution in [0.1, 0.15) is 114 Å². The molecule has 3 aromatic rings. The quantitative estimate of drug-likeness (QED) is 0.0313. The number of aromatic amines is 1. The Labute approximate surface area is 434 Å². The van der Waals surface area contributed by atoms with Crippen LogP contribution in [0.15, 0.2) is 42.5 Å². The maximum atomic E-state index is 14.4. The lowest BCUT2D eigenvalue weighted by atomic mass is 9.98. The molecule has 4 aliphatic rings. The first kappa shape index (κ1) is 57.0. The topological polar surface area (TPSA) is 347 Å². The average molecular weight is 1090 g/mol. The number of rotatable bonds is 26. The number of piperidine rings is 1. The van der Waals surface area contributed by atoms with Gasteiger partial charge in [0.15, 0.2) is 0 Å². The van der Waals surface area contributed by atoms with Gasteiger partial charge in [0.05, 0.1) is 37.6 Å². The first-order valence-electron chi connectivity index (χ1n) is 25.1. The summed E-state index contributed by atoms with van der Waals surface area (Å²) in [7, 11) is -5.85. The number of benzene rings is 2. The third-order valence-electron chi connectivity index (χ3n) is 13.6. The normalized spacial score (nSPS) is 20.4. The molecule has 1 aromatic heterocycles. The zero-order chi connectivity index (χ0) is 54.7. The summed E-state index contributed by atoms with van der Waals surface area (Å²) in [6.07, 6.45) is 3.58. The first-order valence-corrected chi connectivity index (χ1v) is 26.8. The Morgan fingerprint density at radius 1 is 0.855 bits per heavy atom. The van der Waals surface area contributed by atoms with Crippen LogP contribution in [0.4, 0.5) is 14.5 Å². The van der Waals surface area contributed by atoms with Crippen molar-refractivity contribution in [3.8, 4) is 0 Å². The molecule has 76 heavy (non-hydrogen) atoms. The van der Waals surface area contributed by atoms with E-state index in [-0.39, 0.29) is 98.7 Å². The van der Waals surface area contributed by atoms with Gasteiger partial charge >= 0.3 is 13.3 Å². The lowest BCUT2D eigenvalue weighted by molar-refractivity contribution is -0.143. The van der Waals surface area contributed by atoms with Crippen molar-refractivity contribution in [3.63, 3.8) is 0 Å². The number of hydrogen-bond donors (Lipinski definition) is 9. The van der Waals surface area contributed by atoms with Crippen LogP contribution in [0.3, 0.4) is 0 Å². The minimum absolute atomic E-state index is 0.0270. The van der Waals surface area contributed by atoms with Crippen LogP contribution >= 0.6 is 7.60 Å². The molecule has 412 valence electrons. The molecule has 27 heteroatoms. The Morgan fingerprint density at radius 2 is 1.55 bits per heavy atom. The highest BCUT2D eigenvalue weighted by Gasteiger charge is 2.51. The van der Waals surface area contributed by atoms with E-state index < -0.39 is 96.2 Å². The predicted octanol–water partition coefficient (Wildman–Crippen LogP) is 1.64. The second-order valence-electron chi connectivity index (χ2n) is 18.9. The molecule has 0 saturated carbocycles. The molecule has 2 aromatic carbocycles. The number of ether oxygens (including phenoxy) is 3. The number of nitrogens with two attached hydrogens (primary N) is 1. The maximum Gasteiger partial charge on any atom is 0.399 e. The second-order valence-corrected chi connectivity index (χ2v) is 20.5. The summed E-state index contributed by atoms with van der Waals surface area (Å²) in [5.74, 6) is -5.47. The molecule has 0 bridgehead atoms. The molecule has 24 nitrogen and oxygen atoms in total. The fourth-order valence-corrected chi connectivity index (χ4v) is 10.2. The van der Waals surface area contributed by atoms with Crippen molar-refractivity contribution in [1.82, 2.24) is 36.1 Å². The van der Waals surface area contributed by atoms with E-state index in [1.807, 2.05) is 0 Å². The molecule has 5 heterocycles. The van der Waals surface area contributed by atoms with E-state index in [1.165, 1.54) is 17.0 Å². The average Bonchev–Trinajstić information content (AvgIpc) is 4.07. The van der Waals surface area contributed by atoms with E-state index >= 15 is 0 Å².